The summed E-state index contributed by atoms with van der Waals surface area (Å²) in [5.41, 5.74) is 6.67. The van der Waals surface area contributed by atoms with Gasteiger partial charge in [0.2, 0.25) is 5.82 Å². The number of nitrogens with zero attached hydrogens (tertiary/aromatic N) is 2. The highest BCUT2D eigenvalue weighted by Gasteiger charge is 2.12. The molecule has 0 bridgehead atoms. The van der Waals surface area contributed by atoms with Gasteiger partial charge in [0.1, 0.15) is 18.6 Å². The van der Waals surface area contributed by atoms with Crippen LogP contribution in [0.4, 0.5) is 5.82 Å². The third kappa shape index (κ3) is 3.49. The Morgan fingerprint density at radius 2 is 1.89 bits per heavy atom. The Morgan fingerprint density at radius 3 is 2.53 bits per heavy atom. The average molecular weight is 299 g/mol. The summed E-state index contributed by atoms with van der Waals surface area (Å²) in [5.74, 6) is 1.90. The molecule has 0 atom stereocenters. The number of ether oxygens (including phenoxy) is 1. The summed E-state index contributed by atoms with van der Waals surface area (Å²) in [6, 6.07) is 5.05. The van der Waals surface area contributed by atoms with Crippen LogP contribution in [-0.2, 0) is 13.7 Å². The number of hydrogen-bond acceptors (Lipinski definition) is 3. The molecule has 0 saturated carbocycles. The molecule has 4 nitrogen and oxygen atoms in total. The Hall–Kier alpha value is -1.52. The average Bonchev–Trinajstić information content (AvgIpc) is 2.31. The molecule has 19 heavy (non-hydrogen) atoms. The first-order chi connectivity index (χ1) is 8.95. The third-order valence-corrected chi connectivity index (χ3v) is 3.14. The van der Waals surface area contributed by atoms with Gasteiger partial charge in [-0.05, 0) is 23.2 Å². The number of aryl methyl sites for hydroxylation is 2. The minimum Gasteiger partial charge on any atom is -0.488 e. The van der Waals surface area contributed by atoms with Gasteiger partial charge in [0.05, 0.1) is 12.6 Å². The molecule has 0 radical (unpaired) electrons. The van der Waals surface area contributed by atoms with E-state index in [-0.39, 0.29) is 0 Å². The van der Waals surface area contributed by atoms with E-state index in [0.29, 0.717) is 28.2 Å². The second kappa shape index (κ2) is 5.63. The molecule has 6 heteroatoms. The molecule has 0 aliphatic rings. The third-order valence-electron chi connectivity index (χ3n) is 2.70. The maximum absolute atomic E-state index is 5.90. The predicted octanol–water partition coefficient (Wildman–Crippen LogP) is 2.68. The summed E-state index contributed by atoms with van der Waals surface area (Å²) in [6.45, 7) is 2.20. The lowest BCUT2D eigenvalue weighted by Gasteiger charge is -2.07. The highest BCUT2D eigenvalue weighted by Crippen LogP contribution is 2.25. The fourth-order valence-corrected chi connectivity index (χ4v) is 2.11. The molecule has 0 amide bonds. The van der Waals surface area contributed by atoms with Crippen molar-refractivity contribution in [3.63, 3.8) is 0 Å². The number of benzene rings is 1. The van der Waals surface area contributed by atoms with Gasteiger partial charge < -0.3 is 10.5 Å². The largest absolute Gasteiger partial charge is 0.488 e. The van der Waals surface area contributed by atoms with E-state index in [9.17, 15) is 0 Å². The number of rotatable bonds is 3. The topological polar surface area (TPSA) is 52.0 Å². The standard InChI is InChI=1S/C13H13Cl2N3O/c1-8-17-13(16)9(6-18(8)2)7-19-12-4-10(14)3-11(15)5-12/h3-6,16H,7H2,1-2H3/p+1. The van der Waals surface area contributed by atoms with Crippen molar-refractivity contribution in [1.82, 2.24) is 4.98 Å². The predicted molar refractivity (Wildman–Crippen MR) is 75.4 cm³/mol. The minimum absolute atomic E-state index is 0.309. The van der Waals surface area contributed by atoms with Crippen LogP contribution in [0, 0.1) is 6.92 Å². The van der Waals surface area contributed by atoms with Crippen LogP contribution in [0.15, 0.2) is 24.4 Å². The first-order valence-electron chi connectivity index (χ1n) is 5.66. The summed E-state index contributed by atoms with van der Waals surface area (Å²) >= 11 is 11.8. The van der Waals surface area contributed by atoms with Gasteiger partial charge in [0, 0.05) is 17.0 Å². The fourth-order valence-electron chi connectivity index (χ4n) is 1.60. The zero-order chi connectivity index (χ0) is 14.0. The van der Waals surface area contributed by atoms with Crippen molar-refractivity contribution < 1.29 is 9.30 Å². The Bertz CT molecular complexity index is 597. The molecule has 2 aromatic rings. The fraction of sp³-hybridized carbons (Fsp3) is 0.231. The van der Waals surface area contributed by atoms with Crippen molar-refractivity contribution in [1.29, 1.82) is 0 Å². The van der Waals surface area contributed by atoms with Crippen LogP contribution < -0.4 is 15.0 Å². The summed E-state index contributed by atoms with van der Waals surface area (Å²) in [6.07, 6.45) is 1.89. The van der Waals surface area contributed by atoms with Crippen molar-refractivity contribution >= 4 is 29.0 Å². The van der Waals surface area contributed by atoms with Gasteiger partial charge in [-0.2, -0.15) is 0 Å². The molecule has 0 aliphatic heterocycles. The monoisotopic (exact) mass is 298 g/mol. The SMILES string of the molecule is Cc1nc(N)c(COc2cc(Cl)cc(Cl)c2)c[n+]1C. The van der Waals surface area contributed by atoms with Crippen LogP contribution >= 0.6 is 23.2 Å². The van der Waals surface area contributed by atoms with Crippen LogP contribution in [0.1, 0.15) is 11.4 Å². The van der Waals surface area contributed by atoms with Gasteiger partial charge in [-0.15, -0.1) is 0 Å². The van der Waals surface area contributed by atoms with Gasteiger partial charge >= 0.3 is 0 Å². The molecule has 0 spiro atoms. The highest BCUT2D eigenvalue weighted by molar-refractivity contribution is 6.34. The van der Waals surface area contributed by atoms with Crippen LogP contribution in [0.2, 0.25) is 10.0 Å². The van der Waals surface area contributed by atoms with Gasteiger partial charge in [-0.1, -0.05) is 23.2 Å². The smallest absolute Gasteiger partial charge is 0.297 e. The normalized spacial score (nSPS) is 10.5. The lowest BCUT2D eigenvalue weighted by atomic mass is 10.3. The molecule has 0 unspecified atom stereocenters. The summed E-state index contributed by atoms with van der Waals surface area (Å²) in [7, 11) is 1.90. The highest BCUT2D eigenvalue weighted by atomic mass is 35.5. The van der Waals surface area contributed by atoms with E-state index in [1.165, 1.54) is 0 Å². The van der Waals surface area contributed by atoms with E-state index < -0.39 is 0 Å². The van der Waals surface area contributed by atoms with Crippen LogP contribution in [-0.4, -0.2) is 4.98 Å². The Labute approximate surface area is 121 Å². The van der Waals surface area contributed by atoms with Gasteiger partial charge in [-0.25, -0.2) is 4.57 Å². The number of nitrogens with two attached hydrogens (primary N) is 1. The molecule has 1 heterocycles. The van der Waals surface area contributed by atoms with E-state index >= 15 is 0 Å². The molecule has 2 N–H and O–H groups in total. The molecule has 2 rings (SSSR count). The summed E-state index contributed by atoms with van der Waals surface area (Å²) in [5, 5.41) is 1.06. The second-order valence-corrected chi connectivity index (χ2v) is 5.08. The maximum Gasteiger partial charge on any atom is 0.297 e. The molecule has 0 fully saturated rings. The molecular formula is C13H14Cl2N3O+. The second-order valence-electron chi connectivity index (χ2n) is 4.20. The van der Waals surface area contributed by atoms with Crippen molar-refractivity contribution in [3.8, 4) is 5.75 Å². The van der Waals surface area contributed by atoms with Gasteiger partial charge in [0.15, 0.2) is 0 Å². The van der Waals surface area contributed by atoms with Crippen molar-refractivity contribution in [3.05, 3.63) is 45.8 Å². The Balaban J connectivity index is 2.16. The van der Waals surface area contributed by atoms with Crippen LogP contribution in [0.3, 0.4) is 0 Å². The number of nitrogen functional groups attached to an aromatic ring is 1. The van der Waals surface area contributed by atoms with E-state index in [0.717, 1.165) is 11.4 Å². The van der Waals surface area contributed by atoms with Crippen molar-refractivity contribution in [2.24, 2.45) is 7.05 Å². The first-order valence-corrected chi connectivity index (χ1v) is 6.42. The van der Waals surface area contributed by atoms with E-state index in [2.05, 4.69) is 4.98 Å². The summed E-state index contributed by atoms with van der Waals surface area (Å²) in [4.78, 5) is 4.23. The summed E-state index contributed by atoms with van der Waals surface area (Å²) < 4.78 is 7.52. The lowest BCUT2D eigenvalue weighted by molar-refractivity contribution is -0.681. The molecule has 0 saturated heterocycles. The lowest BCUT2D eigenvalue weighted by Crippen LogP contribution is -2.34. The Morgan fingerprint density at radius 1 is 1.26 bits per heavy atom. The maximum atomic E-state index is 5.90. The van der Waals surface area contributed by atoms with Gasteiger partial charge in [-0.3, -0.25) is 0 Å². The van der Waals surface area contributed by atoms with Crippen LogP contribution in [0.5, 0.6) is 5.75 Å². The zero-order valence-electron chi connectivity index (χ0n) is 10.7. The first kappa shape index (κ1) is 13.9. The van der Waals surface area contributed by atoms with Crippen LogP contribution in [0.25, 0.3) is 0 Å². The van der Waals surface area contributed by atoms with E-state index in [1.54, 1.807) is 18.2 Å². The van der Waals surface area contributed by atoms with E-state index in [1.807, 2.05) is 24.7 Å². The number of halogens is 2. The number of anilines is 1. The zero-order valence-corrected chi connectivity index (χ0v) is 12.2. The molecule has 100 valence electrons. The minimum atomic E-state index is 0.309. The Kier molecular flexibility index (Phi) is 4.12. The molecular weight excluding hydrogens is 285 g/mol. The molecule has 1 aromatic heterocycles. The van der Waals surface area contributed by atoms with Crippen molar-refractivity contribution in [2.45, 2.75) is 13.5 Å². The van der Waals surface area contributed by atoms with E-state index in [4.69, 9.17) is 33.7 Å². The number of aromatic nitrogens is 2. The molecule has 1 aromatic carbocycles. The quantitative estimate of drug-likeness (QED) is 0.887. The van der Waals surface area contributed by atoms with Gasteiger partial charge in [0.25, 0.3) is 5.82 Å². The molecule has 0 aliphatic carbocycles. The number of hydrogen-bond donors (Lipinski definition) is 1. The van der Waals surface area contributed by atoms with Crippen molar-refractivity contribution in [2.75, 3.05) is 5.73 Å².